The quantitative estimate of drug-likeness (QED) is 0.623. The molecule has 70 valence electrons. The SMILES string of the molecule is CC.CCNCCOC(C)C. The van der Waals surface area contributed by atoms with Gasteiger partial charge in [-0.2, -0.15) is 0 Å². The van der Waals surface area contributed by atoms with E-state index in [-0.39, 0.29) is 0 Å². The Labute approximate surface area is 71.3 Å². The zero-order valence-corrected chi connectivity index (χ0v) is 8.61. The summed E-state index contributed by atoms with van der Waals surface area (Å²) in [6.45, 7) is 13.0. The van der Waals surface area contributed by atoms with Crippen LogP contribution in [-0.2, 0) is 4.74 Å². The van der Waals surface area contributed by atoms with Crippen molar-refractivity contribution in [2.45, 2.75) is 40.7 Å². The van der Waals surface area contributed by atoms with Gasteiger partial charge in [-0.1, -0.05) is 20.8 Å². The van der Waals surface area contributed by atoms with E-state index < -0.39 is 0 Å². The molecule has 0 heterocycles. The Bertz CT molecular complexity index is 55.5. The van der Waals surface area contributed by atoms with Gasteiger partial charge in [0.15, 0.2) is 0 Å². The summed E-state index contributed by atoms with van der Waals surface area (Å²) in [5, 5.41) is 3.18. The maximum Gasteiger partial charge on any atom is 0.0594 e. The lowest BCUT2D eigenvalue weighted by atomic mass is 10.5. The normalized spacial score (nSPS) is 9.27. The van der Waals surface area contributed by atoms with Crippen molar-refractivity contribution in [1.82, 2.24) is 5.32 Å². The van der Waals surface area contributed by atoms with Gasteiger partial charge in [-0.05, 0) is 20.4 Å². The summed E-state index contributed by atoms with van der Waals surface area (Å²) in [5.74, 6) is 0. The summed E-state index contributed by atoms with van der Waals surface area (Å²) in [7, 11) is 0. The first-order chi connectivity index (χ1) is 5.27. The first-order valence-electron chi connectivity index (χ1n) is 4.59. The third kappa shape index (κ3) is 17.8. The highest BCUT2D eigenvalue weighted by molar-refractivity contribution is 4.42. The highest BCUT2D eigenvalue weighted by atomic mass is 16.5. The molecule has 11 heavy (non-hydrogen) atoms. The molecule has 2 nitrogen and oxygen atoms in total. The summed E-state index contributed by atoms with van der Waals surface area (Å²) in [6, 6.07) is 0. The van der Waals surface area contributed by atoms with Gasteiger partial charge >= 0.3 is 0 Å². The molecule has 0 atom stereocenters. The molecule has 0 spiro atoms. The van der Waals surface area contributed by atoms with E-state index in [4.69, 9.17) is 4.74 Å². The molecule has 1 N–H and O–H groups in total. The van der Waals surface area contributed by atoms with E-state index in [2.05, 4.69) is 12.2 Å². The minimum atomic E-state index is 0.364. The van der Waals surface area contributed by atoms with Crippen LogP contribution in [0.15, 0.2) is 0 Å². The van der Waals surface area contributed by atoms with Crippen LogP contribution in [0.25, 0.3) is 0 Å². The molecule has 0 saturated heterocycles. The molecule has 0 aliphatic carbocycles. The number of ether oxygens (including phenoxy) is 1. The van der Waals surface area contributed by atoms with Gasteiger partial charge in [-0.3, -0.25) is 0 Å². The van der Waals surface area contributed by atoms with E-state index in [9.17, 15) is 0 Å². The van der Waals surface area contributed by atoms with E-state index in [1.807, 2.05) is 27.7 Å². The smallest absolute Gasteiger partial charge is 0.0594 e. The zero-order chi connectivity index (χ0) is 9.11. The molecule has 0 unspecified atom stereocenters. The van der Waals surface area contributed by atoms with Gasteiger partial charge in [-0.15, -0.1) is 0 Å². The Hall–Kier alpha value is -0.0800. The summed E-state index contributed by atoms with van der Waals surface area (Å²) < 4.78 is 5.28. The molecule has 2 heteroatoms. The summed E-state index contributed by atoms with van der Waals surface area (Å²) >= 11 is 0. The van der Waals surface area contributed by atoms with Gasteiger partial charge in [0.25, 0.3) is 0 Å². The topological polar surface area (TPSA) is 21.3 Å². The second-order valence-electron chi connectivity index (χ2n) is 2.27. The molecule has 0 fully saturated rings. The summed E-state index contributed by atoms with van der Waals surface area (Å²) in [6.07, 6.45) is 0.364. The summed E-state index contributed by atoms with van der Waals surface area (Å²) in [4.78, 5) is 0. The number of hydrogen-bond acceptors (Lipinski definition) is 2. The fourth-order valence-electron chi connectivity index (χ4n) is 0.544. The van der Waals surface area contributed by atoms with Crippen molar-refractivity contribution in [3.05, 3.63) is 0 Å². The van der Waals surface area contributed by atoms with Crippen molar-refractivity contribution in [3.8, 4) is 0 Å². The lowest BCUT2D eigenvalue weighted by Gasteiger charge is -2.06. The predicted molar refractivity (Wildman–Crippen MR) is 51.0 cm³/mol. The van der Waals surface area contributed by atoms with Crippen molar-refractivity contribution >= 4 is 0 Å². The van der Waals surface area contributed by atoms with Crippen LogP contribution in [0.1, 0.15) is 34.6 Å². The van der Waals surface area contributed by atoms with Gasteiger partial charge in [-0.25, -0.2) is 0 Å². The van der Waals surface area contributed by atoms with E-state index in [0.717, 1.165) is 19.7 Å². The van der Waals surface area contributed by atoms with Crippen LogP contribution in [0, 0.1) is 0 Å². The third-order valence-electron chi connectivity index (χ3n) is 0.980. The Balaban J connectivity index is 0. The van der Waals surface area contributed by atoms with Crippen molar-refractivity contribution in [2.75, 3.05) is 19.7 Å². The Kier molecular flexibility index (Phi) is 15.4. The Morgan fingerprint density at radius 1 is 1.27 bits per heavy atom. The average Bonchev–Trinajstić information content (AvgIpc) is 2.02. The minimum Gasteiger partial charge on any atom is -0.377 e. The number of nitrogens with one attached hydrogen (secondary N) is 1. The lowest BCUT2D eigenvalue weighted by Crippen LogP contribution is -2.20. The fourth-order valence-corrected chi connectivity index (χ4v) is 0.544. The first kappa shape index (κ1) is 13.5. The van der Waals surface area contributed by atoms with Gasteiger partial charge in [0.05, 0.1) is 12.7 Å². The van der Waals surface area contributed by atoms with Crippen LogP contribution in [-0.4, -0.2) is 25.8 Å². The van der Waals surface area contributed by atoms with Gasteiger partial charge in [0.2, 0.25) is 0 Å². The van der Waals surface area contributed by atoms with Crippen LogP contribution in [0.5, 0.6) is 0 Å². The van der Waals surface area contributed by atoms with Crippen LogP contribution >= 0.6 is 0 Å². The highest BCUT2D eigenvalue weighted by Crippen LogP contribution is 1.84. The fraction of sp³-hybridized carbons (Fsp3) is 1.00. The minimum absolute atomic E-state index is 0.364. The van der Waals surface area contributed by atoms with Crippen LogP contribution in [0.3, 0.4) is 0 Å². The predicted octanol–water partition coefficient (Wildman–Crippen LogP) is 2.05. The van der Waals surface area contributed by atoms with E-state index in [1.165, 1.54) is 0 Å². The monoisotopic (exact) mass is 161 g/mol. The molecule has 0 aromatic heterocycles. The highest BCUT2D eigenvalue weighted by Gasteiger charge is 1.89. The van der Waals surface area contributed by atoms with E-state index in [0.29, 0.717) is 6.10 Å². The van der Waals surface area contributed by atoms with Gasteiger partial charge in [0, 0.05) is 6.54 Å². The maximum atomic E-state index is 5.28. The van der Waals surface area contributed by atoms with Crippen LogP contribution < -0.4 is 5.32 Å². The zero-order valence-electron chi connectivity index (χ0n) is 8.61. The molecule has 0 amide bonds. The molecule has 0 radical (unpaired) electrons. The number of likely N-dealkylation sites (N-methyl/N-ethyl adjacent to an activating group) is 1. The lowest BCUT2D eigenvalue weighted by molar-refractivity contribution is 0.0811. The number of rotatable bonds is 5. The largest absolute Gasteiger partial charge is 0.377 e. The number of hydrogen-bond donors (Lipinski definition) is 1. The first-order valence-corrected chi connectivity index (χ1v) is 4.59. The van der Waals surface area contributed by atoms with Crippen molar-refractivity contribution in [3.63, 3.8) is 0 Å². The molecule has 0 rings (SSSR count). The van der Waals surface area contributed by atoms with Crippen molar-refractivity contribution in [1.29, 1.82) is 0 Å². The Morgan fingerprint density at radius 2 is 1.82 bits per heavy atom. The van der Waals surface area contributed by atoms with Crippen molar-refractivity contribution < 1.29 is 4.74 Å². The molecule has 0 aromatic carbocycles. The molecule has 0 saturated carbocycles. The van der Waals surface area contributed by atoms with Gasteiger partial charge < -0.3 is 10.1 Å². The second-order valence-corrected chi connectivity index (χ2v) is 2.27. The maximum absolute atomic E-state index is 5.28. The van der Waals surface area contributed by atoms with Crippen molar-refractivity contribution in [2.24, 2.45) is 0 Å². The molecule has 0 aliphatic heterocycles. The third-order valence-corrected chi connectivity index (χ3v) is 0.980. The molecule has 0 aromatic rings. The van der Waals surface area contributed by atoms with Crippen LogP contribution in [0.2, 0.25) is 0 Å². The van der Waals surface area contributed by atoms with Crippen LogP contribution in [0.4, 0.5) is 0 Å². The van der Waals surface area contributed by atoms with Gasteiger partial charge in [0.1, 0.15) is 0 Å². The van der Waals surface area contributed by atoms with E-state index >= 15 is 0 Å². The second kappa shape index (κ2) is 12.6. The standard InChI is InChI=1S/C7H17NO.C2H6/c1-4-8-5-6-9-7(2)3;1-2/h7-8H,4-6H2,1-3H3;1-2H3. The Morgan fingerprint density at radius 3 is 2.18 bits per heavy atom. The molecular weight excluding hydrogens is 138 g/mol. The van der Waals surface area contributed by atoms with E-state index in [1.54, 1.807) is 0 Å². The molecule has 0 bridgehead atoms. The molecular formula is C9H23NO. The molecule has 0 aliphatic rings. The summed E-state index contributed by atoms with van der Waals surface area (Å²) in [5.41, 5.74) is 0. The average molecular weight is 161 g/mol.